The Morgan fingerprint density at radius 1 is 0.914 bits per heavy atom. The van der Waals surface area contributed by atoms with E-state index < -0.39 is 12.0 Å². The van der Waals surface area contributed by atoms with Gasteiger partial charge in [0.25, 0.3) is 0 Å². The molecule has 1 aliphatic heterocycles. The molecule has 2 amide bonds. The second-order valence-corrected chi connectivity index (χ2v) is 12.4. The Bertz CT molecular complexity index is 617. The van der Waals surface area contributed by atoms with Gasteiger partial charge in [0.1, 0.15) is 6.04 Å². The van der Waals surface area contributed by atoms with Crippen LogP contribution < -0.4 is 5.32 Å². The highest BCUT2D eigenvalue weighted by Crippen LogP contribution is 2.22. The molecule has 2 N–H and O–H groups in total. The summed E-state index contributed by atoms with van der Waals surface area (Å²) in [6.07, 6.45) is 17.2. The smallest absolute Gasteiger partial charge is 0.327 e. The molecule has 0 aromatic rings. The minimum atomic E-state index is -0.956. The van der Waals surface area contributed by atoms with Crippen LogP contribution in [0, 0.1) is 17.8 Å². The Morgan fingerprint density at radius 2 is 1.49 bits per heavy atom. The van der Waals surface area contributed by atoms with Crippen LogP contribution in [0.25, 0.3) is 0 Å². The zero-order valence-corrected chi connectivity index (χ0v) is 24.1. The van der Waals surface area contributed by atoms with E-state index in [-0.39, 0.29) is 6.03 Å². The summed E-state index contributed by atoms with van der Waals surface area (Å²) in [6.45, 7) is 13.1. The van der Waals surface area contributed by atoms with E-state index in [2.05, 4.69) is 46.0 Å². The first-order chi connectivity index (χ1) is 16.7. The number of likely N-dealkylation sites (tertiary alicyclic amines) is 1. The fourth-order valence-electron chi connectivity index (χ4n) is 4.71. The van der Waals surface area contributed by atoms with E-state index in [4.69, 9.17) is 0 Å². The highest BCUT2D eigenvalue weighted by atomic mass is 32.2. The van der Waals surface area contributed by atoms with Crippen molar-refractivity contribution in [1.29, 1.82) is 0 Å². The fraction of sp³-hybridized carbons (Fsp3) is 0.862. The Morgan fingerprint density at radius 3 is 2.06 bits per heavy atom. The van der Waals surface area contributed by atoms with Crippen molar-refractivity contribution < 1.29 is 14.7 Å². The van der Waals surface area contributed by atoms with Gasteiger partial charge < -0.3 is 15.3 Å². The summed E-state index contributed by atoms with van der Waals surface area (Å²) < 4.78 is 0. The number of urea groups is 1. The van der Waals surface area contributed by atoms with E-state index in [0.29, 0.717) is 5.75 Å². The maximum atomic E-state index is 12.3. The summed E-state index contributed by atoms with van der Waals surface area (Å²) in [5.41, 5.74) is 1.38. The third kappa shape index (κ3) is 16.2. The molecule has 0 saturated carbocycles. The van der Waals surface area contributed by atoms with Crippen LogP contribution in [0.2, 0.25) is 0 Å². The summed E-state index contributed by atoms with van der Waals surface area (Å²) >= 11 is 1.58. The highest BCUT2D eigenvalue weighted by molar-refractivity contribution is 7.99. The molecule has 0 aromatic heterocycles. The number of nitrogens with one attached hydrogen (secondary N) is 1. The van der Waals surface area contributed by atoms with Crippen LogP contribution >= 0.6 is 11.8 Å². The lowest BCUT2D eigenvalue weighted by molar-refractivity contribution is -0.138. The summed E-state index contributed by atoms with van der Waals surface area (Å²) in [7, 11) is 0. The number of rotatable bonds is 18. The lowest BCUT2D eigenvalue weighted by atomic mass is 9.91. The van der Waals surface area contributed by atoms with E-state index in [1.165, 1.54) is 56.9 Å². The fourth-order valence-corrected chi connectivity index (χ4v) is 5.71. The Kier molecular flexibility index (Phi) is 17.3. The normalized spacial score (nSPS) is 17.3. The quantitative estimate of drug-likeness (QED) is 0.146. The van der Waals surface area contributed by atoms with Crippen LogP contribution in [0.15, 0.2) is 11.6 Å². The third-order valence-corrected chi connectivity index (χ3v) is 8.18. The van der Waals surface area contributed by atoms with E-state index in [9.17, 15) is 14.7 Å². The number of aliphatic carboxylic acids is 1. The van der Waals surface area contributed by atoms with Gasteiger partial charge in [0, 0.05) is 24.6 Å². The summed E-state index contributed by atoms with van der Waals surface area (Å²) in [4.78, 5) is 25.6. The molecule has 6 heteroatoms. The van der Waals surface area contributed by atoms with Gasteiger partial charge in [-0.3, -0.25) is 0 Å². The van der Waals surface area contributed by atoms with Gasteiger partial charge in [0.15, 0.2) is 0 Å². The van der Waals surface area contributed by atoms with Crippen LogP contribution in [0.3, 0.4) is 0 Å². The topological polar surface area (TPSA) is 69.6 Å². The number of carbonyl (C=O) groups excluding carboxylic acids is 1. The minimum Gasteiger partial charge on any atom is -0.480 e. The largest absolute Gasteiger partial charge is 0.480 e. The van der Waals surface area contributed by atoms with Crippen molar-refractivity contribution in [1.82, 2.24) is 10.2 Å². The predicted molar refractivity (Wildman–Crippen MR) is 151 cm³/mol. The van der Waals surface area contributed by atoms with Gasteiger partial charge in [-0.15, -0.1) is 0 Å². The minimum absolute atomic E-state index is 0.237. The molecule has 3 atom stereocenters. The Labute approximate surface area is 220 Å². The van der Waals surface area contributed by atoms with Gasteiger partial charge in [0.05, 0.1) is 0 Å². The molecule has 0 aromatic carbocycles. The van der Waals surface area contributed by atoms with Gasteiger partial charge in [-0.2, -0.15) is 11.8 Å². The number of hydrogen-bond acceptors (Lipinski definition) is 3. The lowest BCUT2D eigenvalue weighted by Gasteiger charge is -2.28. The number of carboxylic acids is 1. The highest BCUT2D eigenvalue weighted by Gasteiger charge is 2.23. The number of carboxylic acid groups (broad SMARTS) is 1. The second kappa shape index (κ2) is 19.0. The molecule has 1 heterocycles. The molecule has 0 spiro atoms. The number of amides is 2. The average molecular weight is 511 g/mol. The number of nitrogens with zero attached hydrogens (tertiary/aromatic N) is 1. The molecule has 0 radical (unpaired) electrons. The molecule has 1 fully saturated rings. The Hall–Kier alpha value is -1.17. The van der Waals surface area contributed by atoms with Crippen molar-refractivity contribution in [3.05, 3.63) is 11.6 Å². The molecule has 35 heavy (non-hydrogen) atoms. The summed E-state index contributed by atoms with van der Waals surface area (Å²) in [5.74, 6) is 2.72. The van der Waals surface area contributed by atoms with E-state index in [1.54, 1.807) is 16.7 Å². The van der Waals surface area contributed by atoms with Crippen LogP contribution in [0.4, 0.5) is 4.79 Å². The monoisotopic (exact) mass is 510 g/mol. The maximum Gasteiger partial charge on any atom is 0.327 e. The molecule has 204 valence electrons. The van der Waals surface area contributed by atoms with Crippen LogP contribution in [0.5, 0.6) is 0 Å². The standard InChI is InChI=1S/C29H54N2O3S/c1-23(2)12-9-13-24(3)14-10-15-25(4)16-11-17-26(5)18-21-35-22-27(28(32)33)30-29(34)31-19-7-6-8-20-31/h18,23-25,27H,6-17,19-22H2,1-5H3,(H,30,34)(H,32,33)/b26-18+/t24?,25?,27-/m0/s1. The maximum absolute atomic E-state index is 12.3. The molecular weight excluding hydrogens is 456 g/mol. The first kappa shape index (κ1) is 31.9. The van der Waals surface area contributed by atoms with Crippen molar-refractivity contribution >= 4 is 23.8 Å². The van der Waals surface area contributed by atoms with Gasteiger partial charge in [-0.1, -0.05) is 84.3 Å². The number of piperidine rings is 1. The van der Waals surface area contributed by atoms with Crippen LogP contribution in [-0.4, -0.2) is 52.6 Å². The number of allylic oxidation sites excluding steroid dienone is 1. The first-order valence-corrected chi connectivity index (χ1v) is 15.4. The van der Waals surface area contributed by atoms with Gasteiger partial charge >= 0.3 is 12.0 Å². The zero-order chi connectivity index (χ0) is 26.1. The zero-order valence-electron chi connectivity index (χ0n) is 23.3. The van der Waals surface area contributed by atoms with Gasteiger partial charge in [-0.05, 0) is 56.8 Å². The number of thioether (sulfide) groups is 1. The summed E-state index contributed by atoms with van der Waals surface area (Å²) in [6, 6.07) is -1.07. The third-order valence-electron chi connectivity index (χ3n) is 7.21. The van der Waals surface area contributed by atoms with E-state index in [0.717, 1.165) is 62.3 Å². The number of hydrogen-bond donors (Lipinski definition) is 2. The Balaban J connectivity index is 2.15. The molecule has 2 unspecified atom stereocenters. The molecule has 1 saturated heterocycles. The van der Waals surface area contributed by atoms with Crippen molar-refractivity contribution in [2.75, 3.05) is 24.6 Å². The van der Waals surface area contributed by atoms with Crippen LogP contribution in [0.1, 0.15) is 112 Å². The van der Waals surface area contributed by atoms with E-state index >= 15 is 0 Å². The van der Waals surface area contributed by atoms with Crippen molar-refractivity contribution in [2.45, 2.75) is 118 Å². The van der Waals surface area contributed by atoms with Crippen LogP contribution in [-0.2, 0) is 4.79 Å². The van der Waals surface area contributed by atoms with Gasteiger partial charge in [-0.25, -0.2) is 9.59 Å². The molecule has 1 aliphatic rings. The molecule has 0 bridgehead atoms. The molecule has 5 nitrogen and oxygen atoms in total. The van der Waals surface area contributed by atoms with Crippen molar-refractivity contribution in [3.63, 3.8) is 0 Å². The molecular formula is C29H54N2O3S. The predicted octanol–water partition coefficient (Wildman–Crippen LogP) is 7.75. The molecule has 0 aliphatic carbocycles. The summed E-state index contributed by atoms with van der Waals surface area (Å²) in [5, 5.41) is 12.2. The number of carbonyl (C=O) groups is 2. The van der Waals surface area contributed by atoms with Crippen molar-refractivity contribution in [2.24, 2.45) is 17.8 Å². The van der Waals surface area contributed by atoms with Gasteiger partial charge in [0.2, 0.25) is 0 Å². The lowest BCUT2D eigenvalue weighted by Crippen LogP contribution is -2.50. The molecule has 1 rings (SSSR count). The second-order valence-electron chi connectivity index (χ2n) is 11.3. The van der Waals surface area contributed by atoms with E-state index in [1.807, 2.05) is 0 Å². The first-order valence-electron chi connectivity index (χ1n) is 14.2. The SMILES string of the molecule is C/C(=C\CSC[C@H](NC(=O)N1CCCCC1)C(=O)O)CCCC(C)CCCC(C)CCCC(C)C. The average Bonchev–Trinajstić information content (AvgIpc) is 2.81. The van der Waals surface area contributed by atoms with Crippen molar-refractivity contribution in [3.8, 4) is 0 Å².